The minimum Gasteiger partial charge on any atom is -0.493 e. The van der Waals surface area contributed by atoms with Crippen molar-refractivity contribution in [3.05, 3.63) is 18.2 Å². The van der Waals surface area contributed by atoms with Gasteiger partial charge in [0.05, 0.1) is 13.7 Å². The average molecular weight is 320 g/mol. The van der Waals surface area contributed by atoms with Crippen LogP contribution in [0, 0.1) is 0 Å². The molecule has 0 spiro atoms. The summed E-state index contributed by atoms with van der Waals surface area (Å²) in [4.78, 5) is 6.68. The van der Waals surface area contributed by atoms with Crippen LogP contribution in [-0.4, -0.2) is 57.8 Å². The Hall–Kier alpha value is -1.95. The molecule has 0 amide bonds. The molecule has 0 aromatic heterocycles. The van der Waals surface area contributed by atoms with Crippen molar-refractivity contribution in [3.63, 3.8) is 0 Å². The lowest BCUT2D eigenvalue weighted by atomic mass is 10.2. The zero-order valence-electron chi connectivity index (χ0n) is 14.6. The zero-order valence-corrected chi connectivity index (χ0v) is 14.6. The van der Waals surface area contributed by atoms with Crippen molar-refractivity contribution < 1.29 is 9.47 Å². The highest BCUT2D eigenvalue weighted by Crippen LogP contribution is 2.30. The van der Waals surface area contributed by atoms with Crippen LogP contribution >= 0.6 is 0 Å². The van der Waals surface area contributed by atoms with Crippen molar-refractivity contribution in [3.8, 4) is 11.5 Å². The quantitative estimate of drug-likeness (QED) is 0.621. The van der Waals surface area contributed by atoms with Crippen LogP contribution in [0.4, 0.5) is 5.69 Å². The lowest BCUT2D eigenvalue weighted by Gasteiger charge is -2.21. The van der Waals surface area contributed by atoms with Gasteiger partial charge in [-0.15, -0.1) is 0 Å². The number of likely N-dealkylation sites (tertiary alicyclic amines) is 1. The fraction of sp³-hybridized carbons (Fsp3) is 0.588. The highest BCUT2D eigenvalue weighted by molar-refractivity contribution is 5.93. The Balaban J connectivity index is 1.95. The van der Waals surface area contributed by atoms with Gasteiger partial charge in [-0.3, -0.25) is 4.99 Å². The molecule has 0 radical (unpaired) electrons. The Labute approximate surface area is 138 Å². The Morgan fingerprint density at radius 1 is 1.39 bits per heavy atom. The van der Waals surface area contributed by atoms with Gasteiger partial charge in [0.2, 0.25) is 0 Å². The summed E-state index contributed by atoms with van der Waals surface area (Å²) in [6.07, 6.45) is 2.50. The maximum atomic E-state index is 5.54. The first-order chi connectivity index (χ1) is 11.2. The molecule has 6 heteroatoms. The molecule has 1 aliphatic rings. The van der Waals surface area contributed by atoms with Crippen LogP contribution in [0.3, 0.4) is 0 Å². The van der Waals surface area contributed by atoms with E-state index < -0.39 is 0 Å². The molecule has 1 unspecified atom stereocenters. The van der Waals surface area contributed by atoms with E-state index in [9.17, 15) is 0 Å². The SMILES string of the molecule is CCOc1ccc(NC(=NC)NCC2CCCN2C)cc1OC. The predicted molar refractivity (Wildman–Crippen MR) is 94.8 cm³/mol. The van der Waals surface area contributed by atoms with Crippen molar-refractivity contribution in [1.29, 1.82) is 0 Å². The number of aliphatic imine (C=N–C) groups is 1. The summed E-state index contributed by atoms with van der Waals surface area (Å²) in [7, 11) is 5.59. The van der Waals surface area contributed by atoms with Crippen molar-refractivity contribution >= 4 is 11.6 Å². The first kappa shape index (κ1) is 17.4. The lowest BCUT2D eigenvalue weighted by Crippen LogP contribution is -2.40. The second kappa shape index (κ2) is 8.62. The third-order valence-corrected chi connectivity index (χ3v) is 4.13. The Morgan fingerprint density at radius 2 is 2.22 bits per heavy atom. The minimum atomic E-state index is 0.573. The van der Waals surface area contributed by atoms with Gasteiger partial charge in [0.25, 0.3) is 0 Å². The monoisotopic (exact) mass is 320 g/mol. The van der Waals surface area contributed by atoms with E-state index >= 15 is 0 Å². The van der Waals surface area contributed by atoms with Crippen LogP contribution in [0.25, 0.3) is 0 Å². The molecule has 1 saturated heterocycles. The van der Waals surface area contributed by atoms with E-state index in [1.165, 1.54) is 19.4 Å². The summed E-state index contributed by atoms with van der Waals surface area (Å²) in [6, 6.07) is 6.35. The zero-order chi connectivity index (χ0) is 16.7. The van der Waals surface area contributed by atoms with E-state index in [-0.39, 0.29) is 0 Å². The number of nitrogens with zero attached hydrogens (tertiary/aromatic N) is 2. The van der Waals surface area contributed by atoms with E-state index in [4.69, 9.17) is 9.47 Å². The molecule has 1 heterocycles. The van der Waals surface area contributed by atoms with Gasteiger partial charge in [-0.2, -0.15) is 0 Å². The largest absolute Gasteiger partial charge is 0.493 e. The second-order valence-corrected chi connectivity index (χ2v) is 5.65. The Bertz CT molecular complexity index is 533. The third-order valence-electron chi connectivity index (χ3n) is 4.13. The second-order valence-electron chi connectivity index (χ2n) is 5.65. The summed E-state index contributed by atoms with van der Waals surface area (Å²) in [5.74, 6) is 2.22. The smallest absolute Gasteiger partial charge is 0.195 e. The first-order valence-electron chi connectivity index (χ1n) is 8.16. The number of methoxy groups -OCH3 is 1. The van der Waals surface area contributed by atoms with Gasteiger partial charge < -0.3 is 25.0 Å². The molecule has 1 atom stereocenters. The van der Waals surface area contributed by atoms with Gasteiger partial charge in [0.15, 0.2) is 17.5 Å². The standard InChI is InChI=1S/C17H28N4O2/c1-5-23-15-9-8-13(11-16(15)22-4)20-17(18-2)19-12-14-7-6-10-21(14)3/h8-9,11,14H,5-7,10,12H2,1-4H3,(H2,18,19,20). The lowest BCUT2D eigenvalue weighted by molar-refractivity contribution is 0.310. The fourth-order valence-corrected chi connectivity index (χ4v) is 2.79. The Morgan fingerprint density at radius 3 is 2.83 bits per heavy atom. The van der Waals surface area contributed by atoms with E-state index in [2.05, 4.69) is 27.6 Å². The molecule has 23 heavy (non-hydrogen) atoms. The molecule has 2 rings (SSSR count). The third kappa shape index (κ3) is 4.76. The van der Waals surface area contributed by atoms with Crippen LogP contribution in [0.2, 0.25) is 0 Å². The highest BCUT2D eigenvalue weighted by Gasteiger charge is 2.20. The molecule has 1 aliphatic heterocycles. The number of benzene rings is 1. The van der Waals surface area contributed by atoms with Crippen molar-refractivity contribution in [2.45, 2.75) is 25.8 Å². The van der Waals surface area contributed by atoms with Crippen LogP contribution < -0.4 is 20.1 Å². The predicted octanol–water partition coefficient (Wildman–Crippen LogP) is 2.18. The number of ether oxygens (including phenoxy) is 2. The number of rotatable bonds is 6. The van der Waals surface area contributed by atoms with Gasteiger partial charge in [-0.1, -0.05) is 0 Å². The van der Waals surface area contributed by atoms with Crippen molar-refractivity contribution in [2.75, 3.05) is 46.2 Å². The highest BCUT2D eigenvalue weighted by atomic mass is 16.5. The molecule has 0 bridgehead atoms. The van der Waals surface area contributed by atoms with Gasteiger partial charge in [-0.25, -0.2) is 0 Å². The molecular weight excluding hydrogens is 292 g/mol. The molecular formula is C17H28N4O2. The fourth-order valence-electron chi connectivity index (χ4n) is 2.79. The summed E-state index contributed by atoms with van der Waals surface area (Å²) in [5, 5.41) is 6.69. The Kier molecular flexibility index (Phi) is 6.52. The molecule has 0 aliphatic carbocycles. The normalized spacial score (nSPS) is 18.8. The number of likely N-dealkylation sites (N-methyl/N-ethyl adjacent to an activating group) is 1. The summed E-state index contributed by atoms with van der Waals surface area (Å²) >= 11 is 0. The molecule has 0 saturated carbocycles. The van der Waals surface area contributed by atoms with Crippen LogP contribution in [0.5, 0.6) is 11.5 Å². The molecule has 2 N–H and O–H groups in total. The summed E-state index contributed by atoms with van der Waals surface area (Å²) < 4.78 is 10.9. The molecule has 1 aromatic rings. The summed E-state index contributed by atoms with van der Waals surface area (Å²) in [5.41, 5.74) is 0.915. The maximum Gasteiger partial charge on any atom is 0.195 e. The van der Waals surface area contributed by atoms with Crippen LogP contribution in [-0.2, 0) is 0 Å². The van der Waals surface area contributed by atoms with Crippen molar-refractivity contribution in [1.82, 2.24) is 10.2 Å². The summed E-state index contributed by atoms with van der Waals surface area (Å²) in [6.45, 7) is 4.64. The van der Waals surface area contributed by atoms with E-state index in [1.807, 2.05) is 25.1 Å². The van der Waals surface area contributed by atoms with E-state index in [0.29, 0.717) is 18.4 Å². The molecule has 1 aromatic carbocycles. The number of hydrogen-bond acceptors (Lipinski definition) is 4. The topological polar surface area (TPSA) is 58.1 Å². The van der Waals surface area contributed by atoms with E-state index in [0.717, 1.165) is 23.9 Å². The molecule has 128 valence electrons. The van der Waals surface area contributed by atoms with Gasteiger partial charge >= 0.3 is 0 Å². The molecule has 6 nitrogen and oxygen atoms in total. The minimum absolute atomic E-state index is 0.573. The number of anilines is 1. The van der Waals surface area contributed by atoms with Gasteiger partial charge in [0.1, 0.15) is 0 Å². The van der Waals surface area contributed by atoms with Crippen LogP contribution in [0.15, 0.2) is 23.2 Å². The number of guanidine groups is 1. The molecule has 1 fully saturated rings. The maximum absolute atomic E-state index is 5.54. The number of hydrogen-bond donors (Lipinski definition) is 2. The number of nitrogens with one attached hydrogen (secondary N) is 2. The average Bonchev–Trinajstić information content (AvgIpc) is 2.98. The van der Waals surface area contributed by atoms with Gasteiger partial charge in [-0.05, 0) is 45.5 Å². The van der Waals surface area contributed by atoms with Crippen LogP contribution in [0.1, 0.15) is 19.8 Å². The van der Waals surface area contributed by atoms with E-state index in [1.54, 1.807) is 14.2 Å². The van der Waals surface area contributed by atoms with Gasteiger partial charge in [0, 0.05) is 31.4 Å². The van der Waals surface area contributed by atoms with Crippen molar-refractivity contribution in [2.24, 2.45) is 4.99 Å². The first-order valence-corrected chi connectivity index (χ1v) is 8.16.